The molecular formula is C10H20N2. The van der Waals surface area contributed by atoms with E-state index in [1.807, 2.05) is 0 Å². The molecule has 0 aromatic heterocycles. The number of fused-ring (bicyclic) bond motifs is 2. The van der Waals surface area contributed by atoms with Crippen LogP contribution in [0.1, 0.15) is 6.92 Å². The van der Waals surface area contributed by atoms with Crippen molar-refractivity contribution in [3.05, 3.63) is 0 Å². The second-order valence-corrected chi connectivity index (χ2v) is 4.82. The molecule has 2 bridgehead atoms. The lowest BCUT2D eigenvalue weighted by atomic mass is 9.76. The van der Waals surface area contributed by atoms with Gasteiger partial charge >= 0.3 is 0 Å². The van der Waals surface area contributed by atoms with Crippen LogP contribution in [0, 0.1) is 17.8 Å². The van der Waals surface area contributed by atoms with Crippen LogP contribution in [-0.4, -0.2) is 50.1 Å². The van der Waals surface area contributed by atoms with Crippen LogP contribution >= 0.6 is 0 Å². The average molecular weight is 168 g/mol. The zero-order valence-electron chi connectivity index (χ0n) is 8.45. The molecular weight excluding hydrogens is 148 g/mol. The molecule has 0 aromatic rings. The Morgan fingerprint density at radius 3 is 1.50 bits per heavy atom. The molecule has 2 heteroatoms. The van der Waals surface area contributed by atoms with E-state index in [-0.39, 0.29) is 0 Å². The van der Waals surface area contributed by atoms with E-state index in [9.17, 15) is 0 Å². The predicted molar refractivity (Wildman–Crippen MR) is 51.1 cm³/mol. The maximum Gasteiger partial charge on any atom is 0.00216 e. The highest BCUT2D eigenvalue weighted by Crippen LogP contribution is 2.32. The molecule has 2 fully saturated rings. The van der Waals surface area contributed by atoms with E-state index >= 15 is 0 Å². The van der Waals surface area contributed by atoms with Gasteiger partial charge in [-0.05, 0) is 31.8 Å². The van der Waals surface area contributed by atoms with Crippen molar-refractivity contribution in [1.82, 2.24) is 9.80 Å². The van der Waals surface area contributed by atoms with Gasteiger partial charge in [0.25, 0.3) is 0 Å². The molecule has 0 saturated carbocycles. The second-order valence-electron chi connectivity index (χ2n) is 4.82. The third-order valence-corrected chi connectivity index (χ3v) is 3.67. The Labute approximate surface area is 75.5 Å². The summed E-state index contributed by atoms with van der Waals surface area (Å²) < 4.78 is 0. The summed E-state index contributed by atoms with van der Waals surface area (Å²) in [6.45, 7) is 7.67. The van der Waals surface area contributed by atoms with Gasteiger partial charge in [-0.15, -0.1) is 0 Å². The largest absolute Gasteiger partial charge is 0.306 e. The van der Waals surface area contributed by atoms with Crippen molar-refractivity contribution < 1.29 is 0 Å². The van der Waals surface area contributed by atoms with Gasteiger partial charge in [-0.25, -0.2) is 0 Å². The van der Waals surface area contributed by atoms with Crippen molar-refractivity contribution in [2.75, 3.05) is 40.3 Å². The highest BCUT2D eigenvalue weighted by Gasteiger charge is 2.37. The quantitative estimate of drug-likeness (QED) is 0.526. The Hall–Kier alpha value is -0.0800. The molecule has 0 unspecified atom stereocenters. The molecule has 2 aliphatic rings. The number of likely N-dealkylation sites (tertiary alicyclic amines) is 2. The third kappa shape index (κ3) is 1.38. The molecule has 0 aromatic carbocycles. The highest BCUT2D eigenvalue weighted by atomic mass is 15.2. The first kappa shape index (κ1) is 8.52. The summed E-state index contributed by atoms with van der Waals surface area (Å²) >= 11 is 0. The van der Waals surface area contributed by atoms with Crippen molar-refractivity contribution in [2.24, 2.45) is 17.8 Å². The molecule has 2 heterocycles. The van der Waals surface area contributed by atoms with Gasteiger partial charge in [0.2, 0.25) is 0 Å². The number of hydrogen-bond acceptors (Lipinski definition) is 2. The molecule has 0 spiro atoms. The van der Waals surface area contributed by atoms with Crippen LogP contribution in [0.2, 0.25) is 0 Å². The Bertz CT molecular complexity index is 139. The lowest BCUT2D eigenvalue weighted by Gasteiger charge is -2.48. The first-order chi connectivity index (χ1) is 5.66. The van der Waals surface area contributed by atoms with Crippen molar-refractivity contribution in [3.8, 4) is 0 Å². The SMILES string of the molecule is CC1C2CN(C)CC1CN(C)C2. The van der Waals surface area contributed by atoms with E-state index < -0.39 is 0 Å². The van der Waals surface area contributed by atoms with Crippen LogP contribution in [0.15, 0.2) is 0 Å². The Kier molecular flexibility index (Phi) is 2.13. The fraction of sp³-hybridized carbons (Fsp3) is 1.00. The Balaban J connectivity index is 2.08. The van der Waals surface area contributed by atoms with E-state index in [2.05, 4.69) is 30.8 Å². The van der Waals surface area contributed by atoms with E-state index in [1.54, 1.807) is 0 Å². The van der Waals surface area contributed by atoms with E-state index in [1.165, 1.54) is 26.2 Å². The summed E-state index contributed by atoms with van der Waals surface area (Å²) in [4.78, 5) is 5.00. The molecule has 2 aliphatic heterocycles. The van der Waals surface area contributed by atoms with Gasteiger partial charge in [0.1, 0.15) is 0 Å². The maximum absolute atomic E-state index is 2.50. The minimum Gasteiger partial charge on any atom is -0.306 e. The molecule has 0 amide bonds. The highest BCUT2D eigenvalue weighted by molar-refractivity contribution is 4.89. The Morgan fingerprint density at radius 2 is 1.17 bits per heavy atom. The molecule has 2 saturated heterocycles. The van der Waals surface area contributed by atoms with Crippen LogP contribution in [-0.2, 0) is 0 Å². The maximum atomic E-state index is 2.50. The second kappa shape index (κ2) is 3.00. The smallest absolute Gasteiger partial charge is 0.00216 e. The molecule has 2 rings (SSSR count). The van der Waals surface area contributed by atoms with Gasteiger partial charge in [0, 0.05) is 26.2 Å². The van der Waals surface area contributed by atoms with E-state index in [0.29, 0.717) is 0 Å². The van der Waals surface area contributed by atoms with Crippen LogP contribution in [0.5, 0.6) is 0 Å². The molecule has 12 heavy (non-hydrogen) atoms. The zero-order chi connectivity index (χ0) is 8.72. The predicted octanol–water partition coefficient (Wildman–Crippen LogP) is 0.746. The summed E-state index contributed by atoms with van der Waals surface area (Å²) in [5, 5.41) is 0. The molecule has 0 atom stereocenters. The van der Waals surface area contributed by atoms with Crippen LogP contribution in [0.3, 0.4) is 0 Å². The lowest BCUT2D eigenvalue weighted by Crippen LogP contribution is -2.54. The van der Waals surface area contributed by atoms with E-state index in [0.717, 1.165) is 17.8 Å². The summed E-state index contributed by atoms with van der Waals surface area (Å²) in [5.74, 6) is 2.80. The summed E-state index contributed by atoms with van der Waals surface area (Å²) in [7, 11) is 4.52. The minimum absolute atomic E-state index is 0.924. The molecule has 0 aliphatic carbocycles. The normalized spacial score (nSPS) is 44.8. The summed E-state index contributed by atoms with van der Waals surface area (Å²) in [6, 6.07) is 0. The van der Waals surface area contributed by atoms with Crippen molar-refractivity contribution >= 4 is 0 Å². The van der Waals surface area contributed by atoms with Crippen LogP contribution < -0.4 is 0 Å². The summed E-state index contributed by atoms with van der Waals surface area (Å²) in [5.41, 5.74) is 0. The molecule has 0 N–H and O–H groups in total. The lowest BCUT2D eigenvalue weighted by molar-refractivity contribution is 0.00645. The molecule has 70 valence electrons. The van der Waals surface area contributed by atoms with Gasteiger partial charge in [-0.1, -0.05) is 6.92 Å². The number of hydrogen-bond donors (Lipinski definition) is 0. The van der Waals surface area contributed by atoms with Gasteiger partial charge in [0.15, 0.2) is 0 Å². The van der Waals surface area contributed by atoms with Crippen LogP contribution in [0.25, 0.3) is 0 Å². The third-order valence-electron chi connectivity index (χ3n) is 3.67. The fourth-order valence-corrected chi connectivity index (χ4v) is 2.92. The number of piperidine rings is 2. The number of nitrogens with zero attached hydrogens (tertiary/aromatic N) is 2. The standard InChI is InChI=1S/C10H20N2/c1-8-9-4-11(2)5-10(8)7-12(3)6-9/h8-10H,4-7H2,1-3H3. The topological polar surface area (TPSA) is 6.48 Å². The zero-order valence-corrected chi connectivity index (χ0v) is 8.45. The van der Waals surface area contributed by atoms with E-state index in [4.69, 9.17) is 0 Å². The van der Waals surface area contributed by atoms with Gasteiger partial charge in [0.05, 0.1) is 0 Å². The monoisotopic (exact) mass is 168 g/mol. The minimum atomic E-state index is 0.924. The van der Waals surface area contributed by atoms with Crippen molar-refractivity contribution in [2.45, 2.75) is 6.92 Å². The summed E-state index contributed by atoms with van der Waals surface area (Å²) in [6.07, 6.45) is 0. The van der Waals surface area contributed by atoms with Crippen molar-refractivity contribution in [3.63, 3.8) is 0 Å². The average Bonchev–Trinajstić information content (AvgIpc) is 1.94. The Morgan fingerprint density at radius 1 is 0.833 bits per heavy atom. The molecule has 0 radical (unpaired) electrons. The van der Waals surface area contributed by atoms with Crippen molar-refractivity contribution in [1.29, 1.82) is 0 Å². The van der Waals surface area contributed by atoms with Crippen LogP contribution in [0.4, 0.5) is 0 Å². The first-order valence-corrected chi connectivity index (χ1v) is 5.04. The van der Waals surface area contributed by atoms with Gasteiger partial charge in [-0.2, -0.15) is 0 Å². The van der Waals surface area contributed by atoms with Gasteiger partial charge < -0.3 is 9.80 Å². The first-order valence-electron chi connectivity index (χ1n) is 5.04. The van der Waals surface area contributed by atoms with Gasteiger partial charge in [-0.3, -0.25) is 0 Å². The number of rotatable bonds is 0. The fourth-order valence-electron chi connectivity index (χ4n) is 2.92. The molecule has 2 nitrogen and oxygen atoms in total.